The van der Waals surface area contributed by atoms with Gasteiger partial charge in [0.1, 0.15) is 5.82 Å². The summed E-state index contributed by atoms with van der Waals surface area (Å²) < 4.78 is 18.3. The quantitative estimate of drug-likeness (QED) is 0.693. The van der Waals surface area contributed by atoms with E-state index in [4.69, 9.17) is 4.52 Å². The average Bonchev–Trinajstić information content (AvgIpc) is 3.40. The Morgan fingerprint density at radius 3 is 2.74 bits per heavy atom. The molecule has 4 rings (SSSR count). The Balaban J connectivity index is 1.23. The second kappa shape index (κ2) is 10.0. The fourth-order valence-electron chi connectivity index (χ4n) is 4.49. The molecule has 1 saturated carbocycles. The summed E-state index contributed by atoms with van der Waals surface area (Å²) in [5, 5.41) is 6.87. The van der Waals surface area contributed by atoms with Gasteiger partial charge in [-0.1, -0.05) is 49.4 Å². The van der Waals surface area contributed by atoms with Gasteiger partial charge in [-0.05, 0) is 30.0 Å². The maximum atomic E-state index is 13.1. The van der Waals surface area contributed by atoms with Crippen molar-refractivity contribution < 1.29 is 18.5 Å². The van der Waals surface area contributed by atoms with Crippen LogP contribution in [0.5, 0.6) is 0 Å². The van der Waals surface area contributed by atoms with Gasteiger partial charge in [0, 0.05) is 31.8 Å². The van der Waals surface area contributed by atoms with Crippen LogP contribution in [-0.4, -0.2) is 33.4 Å². The minimum Gasteiger partial charge on any atom is -0.347 e. The number of halogens is 1. The van der Waals surface area contributed by atoms with Gasteiger partial charge in [-0.2, -0.15) is 4.98 Å². The van der Waals surface area contributed by atoms with Crippen LogP contribution in [0.1, 0.15) is 74.6 Å². The maximum Gasteiger partial charge on any atom is 0.246 e. The molecule has 2 amide bonds. The number of aromatic nitrogens is 2. The lowest BCUT2D eigenvalue weighted by molar-refractivity contribution is -0.128. The largest absolute Gasteiger partial charge is 0.347 e. The van der Waals surface area contributed by atoms with E-state index in [1.165, 1.54) is 44.2 Å². The van der Waals surface area contributed by atoms with E-state index >= 15 is 0 Å². The molecule has 1 aromatic heterocycles. The van der Waals surface area contributed by atoms with Crippen molar-refractivity contribution in [3.63, 3.8) is 0 Å². The first-order valence-corrected chi connectivity index (χ1v) is 11.2. The van der Waals surface area contributed by atoms with Crippen molar-refractivity contribution >= 4 is 11.8 Å². The molecule has 2 aromatic rings. The van der Waals surface area contributed by atoms with Crippen molar-refractivity contribution in [1.82, 2.24) is 20.4 Å². The molecule has 1 saturated heterocycles. The van der Waals surface area contributed by atoms with Gasteiger partial charge in [0.25, 0.3) is 0 Å². The molecular weight excluding hydrogens is 399 g/mol. The number of nitrogens with zero attached hydrogens (tertiary/aromatic N) is 3. The lowest BCUT2D eigenvalue weighted by Gasteiger charge is -2.20. The lowest BCUT2D eigenvalue weighted by Crippen LogP contribution is -2.24. The molecule has 2 heterocycles. The summed E-state index contributed by atoms with van der Waals surface area (Å²) in [6.07, 6.45) is 8.13. The van der Waals surface area contributed by atoms with Crippen LogP contribution in [0, 0.1) is 11.7 Å². The number of benzene rings is 1. The highest BCUT2D eigenvalue weighted by atomic mass is 19.1. The highest BCUT2D eigenvalue weighted by molar-refractivity contribution is 5.79. The van der Waals surface area contributed by atoms with Crippen molar-refractivity contribution in [2.45, 2.75) is 70.4 Å². The maximum absolute atomic E-state index is 13.1. The third-order valence-corrected chi connectivity index (χ3v) is 6.29. The Hall–Kier alpha value is -2.77. The van der Waals surface area contributed by atoms with E-state index in [9.17, 15) is 14.0 Å². The van der Waals surface area contributed by atoms with E-state index in [0.717, 1.165) is 12.0 Å². The summed E-state index contributed by atoms with van der Waals surface area (Å²) in [4.78, 5) is 30.6. The van der Waals surface area contributed by atoms with Crippen LogP contribution in [0.2, 0.25) is 0 Å². The summed E-state index contributed by atoms with van der Waals surface area (Å²) >= 11 is 0. The summed E-state index contributed by atoms with van der Waals surface area (Å²) in [6, 6.07) is 6.14. The number of carbonyl (C=O) groups excluding carboxylic acids is 2. The monoisotopic (exact) mass is 428 g/mol. The van der Waals surface area contributed by atoms with Gasteiger partial charge in [-0.3, -0.25) is 9.59 Å². The standard InChI is InChI=1S/C23H29FN4O3/c24-19-9-6-17(7-10-19)14-28-15-18(12-22(28)30)23-26-21(31-27-23)13-25-20(29)11-8-16-4-2-1-3-5-16/h6-7,9-10,16,18H,1-5,8,11-15H2,(H,25,29)/t18-/m0/s1. The van der Waals surface area contributed by atoms with Crippen LogP contribution < -0.4 is 5.32 Å². The molecule has 166 valence electrons. The van der Waals surface area contributed by atoms with Gasteiger partial charge in [0.15, 0.2) is 5.82 Å². The molecule has 31 heavy (non-hydrogen) atoms. The number of nitrogens with one attached hydrogen (secondary N) is 1. The Kier molecular flexibility index (Phi) is 6.94. The van der Waals surface area contributed by atoms with Crippen LogP contribution in [0.15, 0.2) is 28.8 Å². The molecule has 1 atom stereocenters. The second-order valence-corrected chi connectivity index (χ2v) is 8.67. The number of likely N-dealkylation sites (tertiary alicyclic amines) is 1. The van der Waals surface area contributed by atoms with E-state index < -0.39 is 0 Å². The number of carbonyl (C=O) groups is 2. The Morgan fingerprint density at radius 1 is 1.19 bits per heavy atom. The average molecular weight is 429 g/mol. The fraction of sp³-hybridized carbons (Fsp3) is 0.565. The Bertz CT molecular complexity index is 892. The highest BCUT2D eigenvalue weighted by Gasteiger charge is 2.33. The summed E-state index contributed by atoms with van der Waals surface area (Å²) in [6.45, 7) is 1.12. The predicted octanol–water partition coefficient (Wildman–Crippen LogP) is 3.70. The molecule has 0 spiro atoms. The highest BCUT2D eigenvalue weighted by Crippen LogP contribution is 2.28. The predicted molar refractivity (Wildman–Crippen MR) is 111 cm³/mol. The zero-order valence-electron chi connectivity index (χ0n) is 17.7. The normalized spacial score (nSPS) is 19.7. The minimum absolute atomic E-state index is 0.00633. The third kappa shape index (κ3) is 5.89. The molecule has 1 aliphatic heterocycles. The first-order chi connectivity index (χ1) is 15.1. The van der Waals surface area contributed by atoms with Crippen molar-refractivity contribution in [3.8, 4) is 0 Å². The molecule has 1 N–H and O–H groups in total. The molecule has 0 bridgehead atoms. The summed E-state index contributed by atoms with van der Waals surface area (Å²) in [5.41, 5.74) is 0.875. The smallest absolute Gasteiger partial charge is 0.246 e. The van der Waals surface area contributed by atoms with Crippen molar-refractivity contribution in [3.05, 3.63) is 47.4 Å². The SMILES string of the molecule is O=C(CCC1CCCCC1)NCc1nc([C@H]2CC(=O)N(Cc3ccc(F)cc3)C2)no1. The van der Waals surface area contributed by atoms with E-state index in [0.29, 0.717) is 43.6 Å². The van der Waals surface area contributed by atoms with Crippen LogP contribution in [-0.2, 0) is 22.7 Å². The fourth-order valence-corrected chi connectivity index (χ4v) is 4.49. The molecule has 2 fully saturated rings. The lowest BCUT2D eigenvalue weighted by atomic mass is 9.86. The molecule has 2 aliphatic rings. The molecule has 8 heteroatoms. The van der Waals surface area contributed by atoms with Crippen LogP contribution in [0.3, 0.4) is 0 Å². The first-order valence-electron chi connectivity index (χ1n) is 11.2. The molecule has 0 unspecified atom stereocenters. The van der Waals surface area contributed by atoms with E-state index in [1.807, 2.05) is 0 Å². The van der Waals surface area contributed by atoms with Gasteiger partial charge >= 0.3 is 0 Å². The zero-order valence-corrected chi connectivity index (χ0v) is 17.7. The van der Waals surface area contributed by atoms with Crippen LogP contribution in [0.25, 0.3) is 0 Å². The van der Waals surface area contributed by atoms with E-state index in [2.05, 4.69) is 15.5 Å². The van der Waals surface area contributed by atoms with Crippen molar-refractivity contribution in [2.24, 2.45) is 5.92 Å². The number of rotatable bonds is 8. The van der Waals surface area contributed by atoms with Crippen molar-refractivity contribution in [2.75, 3.05) is 6.54 Å². The minimum atomic E-state index is -0.297. The number of hydrogen-bond acceptors (Lipinski definition) is 5. The van der Waals surface area contributed by atoms with E-state index in [-0.39, 0.29) is 30.1 Å². The van der Waals surface area contributed by atoms with Gasteiger partial charge in [0.2, 0.25) is 17.7 Å². The number of hydrogen-bond donors (Lipinski definition) is 1. The summed E-state index contributed by atoms with van der Waals surface area (Å²) in [5.74, 6) is 1.09. The van der Waals surface area contributed by atoms with E-state index in [1.54, 1.807) is 17.0 Å². The number of amides is 2. The molecular formula is C23H29FN4O3. The Morgan fingerprint density at radius 2 is 1.97 bits per heavy atom. The second-order valence-electron chi connectivity index (χ2n) is 8.67. The zero-order chi connectivity index (χ0) is 21.6. The molecule has 1 aromatic carbocycles. The first kappa shape index (κ1) is 21.5. The Labute approximate surface area is 181 Å². The third-order valence-electron chi connectivity index (χ3n) is 6.29. The van der Waals surface area contributed by atoms with Gasteiger partial charge in [-0.15, -0.1) is 0 Å². The van der Waals surface area contributed by atoms with Gasteiger partial charge in [-0.25, -0.2) is 4.39 Å². The molecule has 1 aliphatic carbocycles. The van der Waals surface area contributed by atoms with Crippen molar-refractivity contribution in [1.29, 1.82) is 0 Å². The van der Waals surface area contributed by atoms with Crippen LogP contribution in [0.4, 0.5) is 4.39 Å². The summed E-state index contributed by atoms with van der Waals surface area (Å²) in [7, 11) is 0. The molecule has 7 nitrogen and oxygen atoms in total. The molecule has 0 radical (unpaired) electrons. The van der Waals surface area contributed by atoms with Gasteiger partial charge < -0.3 is 14.7 Å². The van der Waals surface area contributed by atoms with Crippen LogP contribution >= 0.6 is 0 Å². The van der Waals surface area contributed by atoms with Gasteiger partial charge in [0.05, 0.1) is 6.54 Å². The topological polar surface area (TPSA) is 88.3 Å².